The van der Waals surface area contributed by atoms with Crippen LogP contribution < -0.4 is 5.32 Å². The second-order valence-corrected chi connectivity index (χ2v) is 20.4. The van der Waals surface area contributed by atoms with Gasteiger partial charge in [-0.15, -0.1) is 0 Å². The van der Waals surface area contributed by atoms with Gasteiger partial charge in [-0.2, -0.15) is 0 Å². The largest absolute Gasteiger partial charge is 0.462 e. The fraction of sp³-hybridized carbons (Fsp3) is 0.932. The van der Waals surface area contributed by atoms with E-state index in [0.717, 1.165) is 57.8 Å². The van der Waals surface area contributed by atoms with Gasteiger partial charge >= 0.3 is 5.97 Å². The van der Waals surface area contributed by atoms with E-state index in [4.69, 9.17) is 4.74 Å². The van der Waals surface area contributed by atoms with Crippen molar-refractivity contribution in [2.75, 3.05) is 6.61 Å². The molecule has 0 aliphatic carbocycles. The molecule has 0 rings (SSSR count). The normalized spacial score (nSPS) is 13.1. The van der Waals surface area contributed by atoms with Crippen molar-refractivity contribution in [3.8, 4) is 0 Å². The molecule has 0 fully saturated rings. The SMILES string of the molecule is CCCCCCCC/C=C/CCCCCCCC(CC(=O)NC(CO)C(O)CCCCCCCCCCCCCCCCCC)OC(=O)CCCCCCCCCCCCCCCCC. The number of rotatable bonds is 54. The van der Waals surface area contributed by atoms with Crippen LogP contribution in [0.25, 0.3) is 0 Å². The van der Waals surface area contributed by atoms with Crippen LogP contribution >= 0.6 is 0 Å². The van der Waals surface area contributed by atoms with Crippen molar-refractivity contribution in [3.05, 3.63) is 12.2 Å². The van der Waals surface area contributed by atoms with E-state index >= 15 is 0 Å². The lowest BCUT2D eigenvalue weighted by molar-refractivity contribution is -0.151. The maximum atomic E-state index is 13.3. The van der Waals surface area contributed by atoms with E-state index in [1.165, 1.54) is 225 Å². The smallest absolute Gasteiger partial charge is 0.306 e. The van der Waals surface area contributed by atoms with Crippen LogP contribution in [0.1, 0.15) is 329 Å². The molecule has 65 heavy (non-hydrogen) atoms. The molecule has 0 radical (unpaired) electrons. The number of aliphatic hydroxyl groups is 2. The standard InChI is InChI=1S/C59H115NO5/c1-4-7-10-13-16-19-22-25-28-31-33-36-39-42-45-48-51-57(62)56(54-61)60-58(63)53-55(50-47-44-41-38-35-32-29-26-23-20-17-14-11-8-5-2)65-59(64)52-49-46-43-40-37-34-30-27-24-21-18-15-12-9-6-3/h26,29,55-57,61-62H,4-25,27-28,30-54H2,1-3H3,(H,60,63)/b29-26+. The number of esters is 1. The minimum atomic E-state index is -0.785. The highest BCUT2D eigenvalue weighted by molar-refractivity contribution is 5.77. The Morgan fingerprint density at radius 3 is 1.09 bits per heavy atom. The lowest BCUT2D eigenvalue weighted by Gasteiger charge is -2.24. The van der Waals surface area contributed by atoms with Gasteiger partial charge in [0.1, 0.15) is 6.10 Å². The molecule has 386 valence electrons. The molecule has 6 heteroatoms. The Morgan fingerprint density at radius 2 is 0.738 bits per heavy atom. The maximum Gasteiger partial charge on any atom is 0.306 e. The topological polar surface area (TPSA) is 95.9 Å². The van der Waals surface area contributed by atoms with Crippen molar-refractivity contribution in [3.63, 3.8) is 0 Å². The summed E-state index contributed by atoms with van der Waals surface area (Å²) < 4.78 is 5.96. The number of carbonyl (C=O) groups is 2. The van der Waals surface area contributed by atoms with Crippen molar-refractivity contribution in [1.82, 2.24) is 5.32 Å². The van der Waals surface area contributed by atoms with Crippen LogP contribution in [-0.4, -0.2) is 46.9 Å². The van der Waals surface area contributed by atoms with Crippen molar-refractivity contribution >= 4 is 11.9 Å². The Morgan fingerprint density at radius 1 is 0.431 bits per heavy atom. The highest BCUT2D eigenvalue weighted by Gasteiger charge is 2.24. The number of aliphatic hydroxyl groups excluding tert-OH is 2. The first-order valence-corrected chi connectivity index (χ1v) is 29.4. The van der Waals surface area contributed by atoms with Gasteiger partial charge in [-0.25, -0.2) is 0 Å². The number of ether oxygens (including phenoxy) is 1. The van der Waals surface area contributed by atoms with E-state index in [1.54, 1.807) is 0 Å². The van der Waals surface area contributed by atoms with Crippen molar-refractivity contribution in [2.24, 2.45) is 0 Å². The fourth-order valence-electron chi connectivity index (χ4n) is 9.37. The zero-order valence-electron chi connectivity index (χ0n) is 44.2. The van der Waals surface area contributed by atoms with E-state index in [1.807, 2.05) is 0 Å². The Bertz CT molecular complexity index is 986. The number of hydrogen-bond donors (Lipinski definition) is 3. The molecule has 3 unspecified atom stereocenters. The van der Waals surface area contributed by atoms with Crippen molar-refractivity contribution in [1.29, 1.82) is 0 Å². The Hall–Kier alpha value is -1.40. The number of allylic oxidation sites excluding steroid dienone is 2. The summed E-state index contributed by atoms with van der Waals surface area (Å²) in [5, 5.41) is 23.9. The molecule has 0 saturated heterocycles. The first-order chi connectivity index (χ1) is 32.0. The summed E-state index contributed by atoms with van der Waals surface area (Å²) in [6.07, 6.45) is 61.3. The van der Waals surface area contributed by atoms with Gasteiger partial charge in [0.15, 0.2) is 0 Å². The van der Waals surface area contributed by atoms with Crippen LogP contribution in [0.3, 0.4) is 0 Å². The monoisotopic (exact) mass is 918 g/mol. The van der Waals surface area contributed by atoms with Crippen molar-refractivity contribution in [2.45, 2.75) is 347 Å². The van der Waals surface area contributed by atoms with E-state index in [2.05, 4.69) is 38.2 Å². The Balaban J connectivity index is 4.50. The third kappa shape index (κ3) is 48.9. The highest BCUT2D eigenvalue weighted by atomic mass is 16.5. The number of nitrogens with one attached hydrogen (secondary N) is 1. The highest BCUT2D eigenvalue weighted by Crippen LogP contribution is 2.19. The Labute approximate surface area is 406 Å². The second-order valence-electron chi connectivity index (χ2n) is 20.4. The lowest BCUT2D eigenvalue weighted by atomic mass is 10.0. The predicted molar refractivity (Wildman–Crippen MR) is 283 cm³/mol. The van der Waals surface area contributed by atoms with E-state index in [0.29, 0.717) is 19.3 Å². The van der Waals surface area contributed by atoms with Gasteiger partial charge in [-0.3, -0.25) is 9.59 Å². The van der Waals surface area contributed by atoms with Crippen LogP contribution in [0.5, 0.6) is 0 Å². The Kier molecular flexibility index (Phi) is 52.4. The number of amides is 1. The molecule has 0 aliphatic heterocycles. The third-order valence-corrected chi connectivity index (χ3v) is 13.8. The molecule has 3 N–H and O–H groups in total. The molecule has 0 bridgehead atoms. The van der Waals surface area contributed by atoms with Crippen LogP contribution in [0.2, 0.25) is 0 Å². The minimum absolute atomic E-state index is 0.0796. The second kappa shape index (κ2) is 53.6. The van der Waals surface area contributed by atoms with Gasteiger partial charge in [-0.1, -0.05) is 277 Å². The van der Waals surface area contributed by atoms with Gasteiger partial charge in [0, 0.05) is 6.42 Å². The van der Waals surface area contributed by atoms with Crippen molar-refractivity contribution < 1.29 is 24.5 Å². The van der Waals surface area contributed by atoms with E-state index in [-0.39, 0.29) is 24.9 Å². The van der Waals surface area contributed by atoms with Crippen LogP contribution in [-0.2, 0) is 14.3 Å². The molecule has 0 aliphatic rings. The lowest BCUT2D eigenvalue weighted by Crippen LogP contribution is -2.46. The predicted octanol–water partition coefficient (Wildman–Crippen LogP) is 18.1. The molecule has 0 heterocycles. The molecule has 0 aromatic carbocycles. The molecular weight excluding hydrogens is 803 g/mol. The molecular formula is C59H115NO5. The van der Waals surface area contributed by atoms with E-state index < -0.39 is 18.2 Å². The van der Waals surface area contributed by atoms with E-state index in [9.17, 15) is 19.8 Å². The zero-order valence-corrected chi connectivity index (χ0v) is 44.2. The van der Waals surface area contributed by atoms with Crippen LogP contribution in [0, 0.1) is 0 Å². The first-order valence-electron chi connectivity index (χ1n) is 29.4. The average molecular weight is 919 g/mol. The molecule has 3 atom stereocenters. The summed E-state index contributed by atoms with van der Waals surface area (Å²) in [6, 6.07) is -0.699. The summed E-state index contributed by atoms with van der Waals surface area (Å²) in [4.78, 5) is 26.3. The van der Waals surface area contributed by atoms with Gasteiger partial charge in [0.05, 0.1) is 25.2 Å². The fourth-order valence-corrected chi connectivity index (χ4v) is 9.37. The summed E-state index contributed by atoms with van der Waals surface area (Å²) in [5.74, 6) is -0.458. The first kappa shape index (κ1) is 63.6. The summed E-state index contributed by atoms with van der Waals surface area (Å²) in [5.41, 5.74) is 0. The van der Waals surface area contributed by atoms with Gasteiger partial charge < -0.3 is 20.3 Å². The molecule has 0 spiro atoms. The molecule has 1 amide bonds. The average Bonchev–Trinajstić information content (AvgIpc) is 3.30. The number of carbonyl (C=O) groups excluding carboxylic acids is 2. The molecule has 0 aromatic heterocycles. The van der Waals surface area contributed by atoms with Crippen LogP contribution in [0.4, 0.5) is 0 Å². The maximum absolute atomic E-state index is 13.3. The molecule has 0 saturated carbocycles. The van der Waals surface area contributed by atoms with Gasteiger partial charge in [-0.05, 0) is 51.4 Å². The number of hydrogen-bond acceptors (Lipinski definition) is 5. The summed E-state index contributed by atoms with van der Waals surface area (Å²) in [6.45, 7) is 6.53. The third-order valence-electron chi connectivity index (χ3n) is 13.8. The van der Waals surface area contributed by atoms with Gasteiger partial charge in [0.2, 0.25) is 5.91 Å². The summed E-state index contributed by atoms with van der Waals surface area (Å²) in [7, 11) is 0. The zero-order chi connectivity index (χ0) is 47.4. The molecule has 0 aromatic rings. The quantitative estimate of drug-likeness (QED) is 0.0321. The number of unbranched alkanes of at least 4 members (excludes halogenated alkanes) is 40. The summed E-state index contributed by atoms with van der Waals surface area (Å²) >= 11 is 0. The minimum Gasteiger partial charge on any atom is -0.462 e. The van der Waals surface area contributed by atoms with Crippen LogP contribution in [0.15, 0.2) is 12.2 Å². The molecule has 6 nitrogen and oxygen atoms in total. The van der Waals surface area contributed by atoms with Gasteiger partial charge in [0.25, 0.3) is 0 Å².